The van der Waals surface area contributed by atoms with E-state index in [1.165, 1.54) is 23.3 Å². The largest absolute Gasteiger partial charge is 0.507 e. The van der Waals surface area contributed by atoms with Gasteiger partial charge >= 0.3 is 5.97 Å². The van der Waals surface area contributed by atoms with Crippen molar-refractivity contribution in [1.82, 2.24) is 4.90 Å². The van der Waals surface area contributed by atoms with Crippen LogP contribution in [0.25, 0.3) is 0 Å². The minimum atomic E-state index is -1.11. The zero-order valence-electron chi connectivity index (χ0n) is 17.6. The molecule has 1 spiro atoms. The van der Waals surface area contributed by atoms with Crippen molar-refractivity contribution < 1.29 is 29.6 Å². The molecule has 7 nitrogen and oxygen atoms in total. The molecule has 0 amide bonds. The van der Waals surface area contributed by atoms with E-state index in [2.05, 4.69) is 24.1 Å². The zero-order chi connectivity index (χ0) is 22.2. The van der Waals surface area contributed by atoms with Gasteiger partial charge in [0.15, 0.2) is 11.5 Å². The maximum atomic E-state index is 10.3. The van der Waals surface area contributed by atoms with Gasteiger partial charge in [0.05, 0.1) is 18.6 Å². The number of carboxylic acids is 1. The molecule has 2 aromatic carbocycles. The van der Waals surface area contributed by atoms with Crippen molar-refractivity contribution in [2.75, 3.05) is 20.7 Å². The molecule has 0 bridgehead atoms. The van der Waals surface area contributed by atoms with Crippen LogP contribution in [0, 0.1) is 0 Å². The standard InChI is InChI=1S/C17H21NO3.C7H6O3/c1-18-8-7-17-6-5-12(19)9-14(17)21-16-13(20-2)4-3-11(10-18)15(16)17;8-6-4-2-1-3-5(6)7(9)10/h3-6,12,14,19H,7-10H2,1-2H3;1-4,8H,(H,9,10)/t12-,14-,17-;/m0./s1. The summed E-state index contributed by atoms with van der Waals surface area (Å²) in [5, 5.41) is 27.3. The highest BCUT2D eigenvalue weighted by Crippen LogP contribution is 2.55. The molecular formula is C24H27NO6. The summed E-state index contributed by atoms with van der Waals surface area (Å²) < 4.78 is 11.8. The van der Waals surface area contributed by atoms with Gasteiger partial charge in [-0.25, -0.2) is 4.79 Å². The number of benzene rings is 2. The molecule has 0 radical (unpaired) electrons. The van der Waals surface area contributed by atoms with Crippen LogP contribution in [0.3, 0.4) is 0 Å². The van der Waals surface area contributed by atoms with E-state index >= 15 is 0 Å². The summed E-state index contributed by atoms with van der Waals surface area (Å²) >= 11 is 0. The van der Waals surface area contributed by atoms with Gasteiger partial charge in [-0.3, -0.25) is 0 Å². The highest BCUT2D eigenvalue weighted by atomic mass is 16.5. The number of rotatable bonds is 2. The van der Waals surface area contributed by atoms with E-state index in [1.54, 1.807) is 19.2 Å². The third-order valence-corrected chi connectivity index (χ3v) is 6.28. The second-order valence-corrected chi connectivity index (χ2v) is 8.25. The molecule has 0 saturated carbocycles. The molecule has 3 N–H and O–H groups in total. The van der Waals surface area contributed by atoms with Crippen LogP contribution in [0.4, 0.5) is 0 Å². The van der Waals surface area contributed by atoms with Gasteiger partial charge in [0.2, 0.25) is 0 Å². The highest BCUT2D eigenvalue weighted by Gasteiger charge is 2.52. The normalized spacial score (nSPS) is 25.9. The van der Waals surface area contributed by atoms with Crippen molar-refractivity contribution in [1.29, 1.82) is 0 Å². The maximum absolute atomic E-state index is 10.3. The fourth-order valence-corrected chi connectivity index (χ4v) is 4.73. The minimum absolute atomic E-state index is 0.00838. The SMILES string of the molecule is COc1ccc2c3c1O[C@H]1C[C@@H](O)C=C[C@@]31CCN(C)C2.O=C(O)c1ccccc1O. The summed E-state index contributed by atoms with van der Waals surface area (Å²) in [6.07, 6.45) is 5.38. The molecule has 2 aliphatic heterocycles. The van der Waals surface area contributed by atoms with Crippen molar-refractivity contribution in [3.8, 4) is 17.2 Å². The van der Waals surface area contributed by atoms with Crippen LogP contribution in [0.5, 0.6) is 17.2 Å². The molecule has 164 valence electrons. The van der Waals surface area contributed by atoms with E-state index in [4.69, 9.17) is 19.7 Å². The summed E-state index contributed by atoms with van der Waals surface area (Å²) in [7, 11) is 3.84. The van der Waals surface area contributed by atoms with E-state index in [0.717, 1.165) is 31.0 Å². The monoisotopic (exact) mass is 425 g/mol. The van der Waals surface area contributed by atoms with Gasteiger partial charge < -0.3 is 29.7 Å². The Morgan fingerprint density at radius 2 is 2.03 bits per heavy atom. The topological polar surface area (TPSA) is 99.5 Å². The van der Waals surface area contributed by atoms with Gasteiger partial charge in [-0.1, -0.05) is 30.4 Å². The average Bonchev–Trinajstić information content (AvgIpc) is 3.00. The maximum Gasteiger partial charge on any atom is 0.339 e. The van der Waals surface area contributed by atoms with Crippen molar-refractivity contribution in [2.45, 2.75) is 37.0 Å². The number of carboxylic acid groups (broad SMARTS) is 1. The van der Waals surface area contributed by atoms with Crippen molar-refractivity contribution >= 4 is 5.97 Å². The lowest BCUT2D eigenvalue weighted by Crippen LogP contribution is -2.42. The predicted molar refractivity (Wildman–Crippen MR) is 115 cm³/mol. The van der Waals surface area contributed by atoms with Crippen LogP contribution in [0.2, 0.25) is 0 Å². The summed E-state index contributed by atoms with van der Waals surface area (Å²) in [5.74, 6) is 0.372. The molecule has 7 heteroatoms. The molecule has 3 aliphatic rings. The first-order valence-corrected chi connectivity index (χ1v) is 10.3. The Morgan fingerprint density at radius 1 is 1.26 bits per heavy atom. The van der Waals surface area contributed by atoms with Crippen molar-refractivity contribution in [3.05, 3.63) is 65.2 Å². The Hall–Kier alpha value is -3.03. The lowest BCUT2D eigenvalue weighted by atomic mass is 9.69. The van der Waals surface area contributed by atoms with Gasteiger partial charge in [-0.15, -0.1) is 0 Å². The Kier molecular flexibility index (Phi) is 5.64. The van der Waals surface area contributed by atoms with Crippen LogP contribution in [-0.2, 0) is 12.0 Å². The molecule has 5 rings (SSSR count). The van der Waals surface area contributed by atoms with Crippen LogP contribution < -0.4 is 9.47 Å². The quantitative estimate of drug-likeness (QED) is 0.636. The molecule has 0 saturated heterocycles. The summed E-state index contributed by atoms with van der Waals surface area (Å²) in [5.41, 5.74) is 2.42. The number of para-hydroxylation sites is 1. The Balaban J connectivity index is 0.000000196. The fraction of sp³-hybridized carbons (Fsp3) is 0.375. The molecular weight excluding hydrogens is 398 g/mol. The average molecular weight is 425 g/mol. The molecule has 2 heterocycles. The van der Waals surface area contributed by atoms with Crippen molar-refractivity contribution in [2.24, 2.45) is 0 Å². The van der Waals surface area contributed by atoms with E-state index in [1.807, 2.05) is 12.1 Å². The summed E-state index contributed by atoms with van der Waals surface area (Å²) in [6.45, 7) is 1.96. The molecule has 3 atom stereocenters. The fourth-order valence-electron chi connectivity index (χ4n) is 4.73. The van der Waals surface area contributed by atoms with Crippen LogP contribution >= 0.6 is 0 Å². The number of carbonyl (C=O) groups is 1. The Morgan fingerprint density at radius 3 is 2.71 bits per heavy atom. The number of nitrogens with zero attached hydrogens (tertiary/aromatic N) is 1. The van der Waals surface area contributed by atoms with Gasteiger partial charge in [0, 0.05) is 18.5 Å². The summed E-state index contributed by atoms with van der Waals surface area (Å²) in [6, 6.07) is 9.97. The number of ether oxygens (including phenoxy) is 2. The lowest BCUT2D eigenvalue weighted by molar-refractivity contribution is 0.0693. The lowest BCUT2D eigenvalue weighted by Gasteiger charge is -2.35. The van der Waals surface area contributed by atoms with Crippen LogP contribution in [0.1, 0.15) is 34.3 Å². The second-order valence-electron chi connectivity index (χ2n) is 8.25. The van der Waals surface area contributed by atoms with E-state index < -0.39 is 12.1 Å². The first kappa shape index (κ1) is 21.2. The van der Waals surface area contributed by atoms with Gasteiger partial charge in [0.1, 0.15) is 17.4 Å². The first-order chi connectivity index (χ1) is 14.9. The van der Waals surface area contributed by atoms with Crippen LogP contribution in [-0.4, -0.2) is 59.1 Å². The second kappa shape index (κ2) is 8.24. The van der Waals surface area contributed by atoms with Gasteiger partial charge in [0.25, 0.3) is 0 Å². The van der Waals surface area contributed by atoms with Crippen LogP contribution in [0.15, 0.2) is 48.6 Å². The Labute approximate surface area is 181 Å². The first-order valence-electron chi connectivity index (χ1n) is 10.3. The minimum Gasteiger partial charge on any atom is -0.507 e. The molecule has 0 aromatic heterocycles. The number of aromatic hydroxyl groups is 1. The number of phenols is 1. The third-order valence-electron chi connectivity index (χ3n) is 6.28. The number of hydrogen-bond acceptors (Lipinski definition) is 6. The third kappa shape index (κ3) is 3.75. The molecule has 1 aliphatic carbocycles. The Bertz CT molecular complexity index is 1020. The van der Waals surface area contributed by atoms with Crippen molar-refractivity contribution in [3.63, 3.8) is 0 Å². The van der Waals surface area contributed by atoms with E-state index in [-0.39, 0.29) is 22.8 Å². The predicted octanol–water partition coefficient (Wildman–Crippen LogP) is 2.94. The molecule has 0 fully saturated rings. The number of hydrogen-bond donors (Lipinski definition) is 3. The number of aliphatic hydroxyl groups is 1. The molecule has 2 aromatic rings. The number of aromatic carboxylic acids is 1. The number of aliphatic hydroxyl groups excluding tert-OH is 1. The zero-order valence-corrected chi connectivity index (χ0v) is 17.6. The van der Waals surface area contributed by atoms with E-state index in [9.17, 15) is 9.90 Å². The van der Waals surface area contributed by atoms with Gasteiger partial charge in [-0.2, -0.15) is 0 Å². The molecule has 0 unspecified atom stereocenters. The van der Waals surface area contributed by atoms with Gasteiger partial charge in [-0.05, 0) is 43.8 Å². The van der Waals surface area contributed by atoms with E-state index in [0.29, 0.717) is 6.42 Å². The smallest absolute Gasteiger partial charge is 0.339 e. The summed E-state index contributed by atoms with van der Waals surface area (Å²) in [4.78, 5) is 12.6. The highest BCUT2D eigenvalue weighted by molar-refractivity contribution is 5.90. The molecule has 31 heavy (non-hydrogen) atoms. The number of methoxy groups -OCH3 is 1.